The zero-order chi connectivity index (χ0) is 49.0. The average Bonchev–Trinajstić information content (AvgIpc) is 3.40. The quantitative estimate of drug-likeness (QED) is 0.0576. The zero-order valence-corrected chi connectivity index (χ0v) is 49.9. The molecule has 0 aliphatic carbocycles. The average molecular weight is 1170 g/mol. The summed E-state index contributed by atoms with van der Waals surface area (Å²) in [6, 6.07) is 17.1. The number of hydrogen-bond acceptors (Lipinski definition) is 12. The maximum absolute atomic E-state index is 5.85. The number of methoxy groups -OCH3 is 8. The molecule has 2 atom stereocenters. The van der Waals surface area contributed by atoms with Gasteiger partial charge < -0.3 is 59.8 Å². The standard InChI is InChI=1S/C58H74N4O8.4ClH.4H2O/c1-63-49-29-39-21-25-59-47(43(39)33-53(49)67-5)19-13-11-17-37(57-45-35-55(69-7)51(65-3)31-41(45)23-27-61-57)15-9-10-16-38(58-46-36-56(70-8)52(66-4)32-42(46)24-28-62-58)18-12-14-20-48-44-34-54(68-6)50(64-2)30-40(44)22-26-60-48;;;;;;;;/h29-38H,9-28H2,1-8H3;4*1H;4*1H2. The lowest BCUT2D eigenvalue weighted by molar-refractivity contribution is 0.354. The van der Waals surface area contributed by atoms with Gasteiger partial charge >= 0.3 is 0 Å². The van der Waals surface area contributed by atoms with E-state index in [0.29, 0.717) is 11.8 Å². The maximum atomic E-state index is 5.85. The summed E-state index contributed by atoms with van der Waals surface area (Å²) >= 11 is 0. The predicted molar refractivity (Wildman–Crippen MR) is 324 cm³/mol. The molecule has 0 saturated heterocycles. The third-order valence-electron chi connectivity index (χ3n) is 14.9. The molecular formula is C58H86Cl4N4O12. The summed E-state index contributed by atoms with van der Waals surface area (Å²) in [5.41, 5.74) is 14.7. The van der Waals surface area contributed by atoms with Crippen molar-refractivity contribution in [2.45, 2.75) is 103 Å². The first kappa shape index (κ1) is 73.0. The number of benzene rings is 4. The second kappa shape index (κ2) is 35.5. The van der Waals surface area contributed by atoms with Crippen LogP contribution in [0.4, 0.5) is 0 Å². The van der Waals surface area contributed by atoms with E-state index in [1.165, 1.54) is 67.4 Å². The maximum Gasteiger partial charge on any atom is 0.161 e. The van der Waals surface area contributed by atoms with E-state index in [-0.39, 0.29) is 71.5 Å². The topological polar surface area (TPSA) is 249 Å². The summed E-state index contributed by atoms with van der Waals surface area (Å²) < 4.78 is 45.9. The van der Waals surface area contributed by atoms with Gasteiger partial charge in [-0.2, -0.15) is 0 Å². The molecule has 0 saturated carbocycles. The molecule has 4 aromatic carbocycles. The van der Waals surface area contributed by atoms with Crippen LogP contribution in [0.2, 0.25) is 0 Å². The SMILES string of the molecule is COc1cc2c(cc1OC)C(CCCCC(CCCCC(CCCCC1=NCCc3cc(OC)c(OC)cc31)C1=NCCc3cc(OC)c(OC)cc31)C1=NCCc3cc(OC)c(OC)cc31)=NCC2.Cl.Cl.Cl.Cl.O.O.O.O. The second-order valence-electron chi connectivity index (χ2n) is 18.8. The van der Waals surface area contributed by atoms with Crippen molar-refractivity contribution in [1.82, 2.24) is 0 Å². The number of nitrogens with zero attached hydrogens (tertiary/aromatic N) is 4. The Bertz CT molecular complexity index is 2460. The fourth-order valence-electron chi connectivity index (χ4n) is 11.2. The fraction of sp³-hybridized carbons (Fsp3) is 0.517. The smallest absolute Gasteiger partial charge is 0.161 e. The lowest BCUT2D eigenvalue weighted by Crippen LogP contribution is -2.24. The Kier molecular flexibility index (Phi) is 33.3. The van der Waals surface area contributed by atoms with Crippen LogP contribution in [0.25, 0.3) is 0 Å². The second-order valence-corrected chi connectivity index (χ2v) is 18.8. The van der Waals surface area contributed by atoms with Crippen molar-refractivity contribution < 1.29 is 59.8 Å². The summed E-state index contributed by atoms with van der Waals surface area (Å²) in [5.74, 6) is 6.72. The van der Waals surface area contributed by atoms with Crippen LogP contribution >= 0.6 is 49.6 Å². The fourth-order valence-corrected chi connectivity index (χ4v) is 11.2. The summed E-state index contributed by atoms with van der Waals surface area (Å²) in [6.45, 7) is 3.16. The van der Waals surface area contributed by atoms with Crippen molar-refractivity contribution in [1.29, 1.82) is 0 Å². The van der Waals surface area contributed by atoms with Gasteiger partial charge in [-0.05, 0) is 148 Å². The van der Waals surface area contributed by atoms with Crippen molar-refractivity contribution >= 4 is 72.5 Å². The van der Waals surface area contributed by atoms with Gasteiger partial charge in [0.25, 0.3) is 0 Å². The van der Waals surface area contributed by atoms with Crippen LogP contribution in [-0.4, -0.2) is 128 Å². The third kappa shape index (κ3) is 16.8. The van der Waals surface area contributed by atoms with E-state index >= 15 is 0 Å². The molecule has 16 nitrogen and oxygen atoms in total. The molecule has 8 N–H and O–H groups in total. The minimum Gasteiger partial charge on any atom is -0.493 e. The van der Waals surface area contributed by atoms with Gasteiger partial charge in [0.2, 0.25) is 0 Å². The van der Waals surface area contributed by atoms with Crippen molar-refractivity contribution in [3.05, 3.63) is 93.0 Å². The number of unbranched alkanes of at least 4 members (excludes halogenated alkanes) is 3. The van der Waals surface area contributed by atoms with Gasteiger partial charge in [-0.15, -0.1) is 49.6 Å². The van der Waals surface area contributed by atoms with E-state index < -0.39 is 0 Å². The molecule has 0 bridgehead atoms. The minimum atomic E-state index is 0. The first-order valence-electron chi connectivity index (χ1n) is 25.5. The van der Waals surface area contributed by atoms with E-state index in [0.717, 1.165) is 175 Å². The van der Waals surface area contributed by atoms with Crippen molar-refractivity contribution in [2.75, 3.05) is 83.1 Å². The normalized spacial score (nSPS) is 14.0. The molecule has 4 aliphatic rings. The molecule has 78 heavy (non-hydrogen) atoms. The Hall–Kier alpha value is -5.04. The highest BCUT2D eigenvalue weighted by atomic mass is 35.5. The number of hydrogen-bond donors (Lipinski definition) is 0. The number of aliphatic imine (C=N–C) groups is 4. The highest BCUT2D eigenvalue weighted by Gasteiger charge is 2.28. The molecule has 20 heteroatoms. The molecule has 0 radical (unpaired) electrons. The molecule has 2 unspecified atom stereocenters. The van der Waals surface area contributed by atoms with Crippen LogP contribution < -0.4 is 37.9 Å². The van der Waals surface area contributed by atoms with Crippen molar-refractivity contribution in [3.8, 4) is 46.0 Å². The summed E-state index contributed by atoms with van der Waals surface area (Å²) in [4.78, 5) is 20.7. The van der Waals surface area contributed by atoms with Gasteiger partial charge in [0.05, 0.1) is 56.9 Å². The van der Waals surface area contributed by atoms with E-state index in [4.69, 9.17) is 57.9 Å². The van der Waals surface area contributed by atoms with Crippen LogP contribution in [0.15, 0.2) is 68.5 Å². The molecule has 4 aliphatic heterocycles. The zero-order valence-electron chi connectivity index (χ0n) is 46.6. The Morgan fingerprint density at radius 1 is 0.321 bits per heavy atom. The molecule has 4 aromatic rings. The molecule has 0 spiro atoms. The van der Waals surface area contributed by atoms with E-state index in [9.17, 15) is 0 Å². The largest absolute Gasteiger partial charge is 0.493 e. The number of halogens is 4. The molecule has 0 aromatic heterocycles. The van der Waals surface area contributed by atoms with Crippen LogP contribution in [0, 0.1) is 11.8 Å². The van der Waals surface area contributed by atoms with E-state index in [1.54, 1.807) is 56.9 Å². The van der Waals surface area contributed by atoms with Crippen LogP contribution in [-0.2, 0) is 25.7 Å². The summed E-state index contributed by atoms with van der Waals surface area (Å²) in [5, 5.41) is 0. The van der Waals surface area contributed by atoms with Gasteiger partial charge in [-0.25, -0.2) is 0 Å². The third-order valence-corrected chi connectivity index (χ3v) is 14.9. The van der Waals surface area contributed by atoms with Gasteiger partial charge in [-0.3, -0.25) is 20.0 Å². The first-order valence-corrected chi connectivity index (χ1v) is 25.5. The van der Waals surface area contributed by atoms with Gasteiger partial charge in [0, 0.05) is 83.1 Å². The number of rotatable bonds is 25. The highest BCUT2D eigenvalue weighted by Crippen LogP contribution is 2.40. The van der Waals surface area contributed by atoms with Crippen LogP contribution in [0.1, 0.15) is 122 Å². The molecule has 0 amide bonds. The number of fused-ring (bicyclic) bond motifs is 4. The molecule has 438 valence electrons. The van der Waals surface area contributed by atoms with E-state index in [2.05, 4.69) is 48.5 Å². The molecule has 0 fully saturated rings. The van der Waals surface area contributed by atoms with Crippen LogP contribution in [0.3, 0.4) is 0 Å². The lowest BCUT2D eigenvalue weighted by atomic mass is 9.81. The van der Waals surface area contributed by atoms with Gasteiger partial charge in [0.15, 0.2) is 46.0 Å². The minimum absolute atomic E-state index is 0. The Morgan fingerprint density at radius 3 is 0.833 bits per heavy atom. The molecule has 4 heterocycles. The lowest BCUT2D eigenvalue weighted by Gasteiger charge is -2.27. The number of ether oxygens (including phenoxy) is 8. The predicted octanol–water partition coefficient (Wildman–Crippen LogP) is 9.54. The van der Waals surface area contributed by atoms with Gasteiger partial charge in [0.1, 0.15) is 0 Å². The summed E-state index contributed by atoms with van der Waals surface area (Å²) in [7, 11) is 13.7. The Morgan fingerprint density at radius 2 is 0.551 bits per heavy atom. The van der Waals surface area contributed by atoms with E-state index in [1.807, 2.05) is 0 Å². The van der Waals surface area contributed by atoms with Crippen molar-refractivity contribution in [3.63, 3.8) is 0 Å². The monoisotopic (exact) mass is 1170 g/mol. The molecular weight excluding hydrogens is 1090 g/mol. The highest BCUT2D eigenvalue weighted by molar-refractivity contribution is 6.06. The Labute approximate surface area is 486 Å². The van der Waals surface area contributed by atoms with Crippen LogP contribution in [0.5, 0.6) is 46.0 Å². The first-order chi connectivity index (χ1) is 34.3. The Balaban J connectivity index is 0.00000741. The van der Waals surface area contributed by atoms with Crippen molar-refractivity contribution in [2.24, 2.45) is 31.8 Å². The molecule has 8 rings (SSSR count). The summed E-state index contributed by atoms with van der Waals surface area (Å²) in [6.07, 6.45) is 16.1. The van der Waals surface area contributed by atoms with Gasteiger partial charge in [-0.1, -0.05) is 25.7 Å².